The Bertz CT molecular complexity index is 1100. The average Bonchev–Trinajstić information content (AvgIpc) is 3.09. The molecule has 8 nitrogen and oxygen atoms in total. The highest BCUT2D eigenvalue weighted by molar-refractivity contribution is 6.30. The van der Waals surface area contributed by atoms with Gasteiger partial charge in [-0.1, -0.05) is 23.7 Å². The number of ketones is 1. The molecule has 1 amide bonds. The first kappa shape index (κ1) is 22.6. The average molecular weight is 465 g/mol. The second kappa shape index (κ2) is 9.51. The van der Waals surface area contributed by atoms with Crippen LogP contribution in [0, 0.1) is 11.3 Å². The van der Waals surface area contributed by atoms with E-state index in [9.17, 15) is 14.9 Å². The largest absolute Gasteiger partial charge is 0.353 e. The molecule has 0 saturated carbocycles. The van der Waals surface area contributed by atoms with Gasteiger partial charge in [-0.3, -0.25) is 9.59 Å². The Hall–Kier alpha value is -3.57. The normalized spacial score (nSPS) is 15.4. The summed E-state index contributed by atoms with van der Waals surface area (Å²) in [4.78, 5) is 37.5. The second-order valence-electron chi connectivity index (χ2n) is 8.04. The van der Waals surface area contributed by atoms with Crippen molar-refractivity contribution in [3.05, 3.63) is 59.0 Å². The van der Waals surface area contributed by atoms with Crippen molar-refractivity contribution in [3.63, 3.8) is 0 Å². The van der Waals surface area contributed by atoms with Crippen LogP contribution in [0.15, 0.2) is 54.0 Å². The number of Topliss-reactive ketones (excluding diaryl/α,β-unsaturated/α-hetero) is 1. The van der Waals surface area contributed by atoms with Gasteiger partial charge in [-0.15, -0.1) is 0 Å². The molecule has 0 spiro atoms. The maximum Gasteiger partial charge on any atom is 0.223 e. The number of fused-ring (bicyclic) bond motifs is 1. The number of piperazine rings is 1. The number of benzene rings is 1. The van der Waals surface area contributed by atoms with E-state index < -0.39 is 0 Å². The number of aromatic nitrogens is 1. The molecule has 2 aliphatic heterocycles. The van der Waals surface area contributed by atoms with Crippen molar-refractivity contribution in [1.29, 1.82) is 5.26 Å². The predicted octanol–water partition coefficient (Wildman–Crippen LogP) is 3.05. The number of hydrogen-bond acceptors (Lipinski definition) is 7. The van der Waals surface area contributed by atoms with Crippen LogP contribution in [-0.4, -0.2) is 61.8 Å². The second-order valence-corrected chi connectivity index (χ2v) is 8.48. The lowest BCUT2D eigenvalue weighted by molar-refractivity contribution is -0.133. The minimum Gasteiger partial charge on any atom is -0.353 e. The highest BCUT2D eigenvalue weighted by Gasteiger charge is 2.31. The molecular weight excluding hydrogens is 440 g/mol. The fraction of sp³-hybridized carbons (Fsp3) is 0.333. The number of anilines is 3. The SMILES string of the molecule is CN1C(=C(C#N)C(=O)CCC(=O)N2CCN(c3ccc(Cl)cn3)CC2)N(C)c2ccccc21. The van der Waals surface area contributed by atoms with Gasteiger partial charge in [-0.2, -0.15) is 5.26 Å². The van der Waals surface area contributed by atoms with Crippen molar-refractivity contribution in [2.75, 3.05) is 55.0 Å². The van der Waals surface area contributed by atoms with Gasteiger partial charge < -0.3 is 19.6 Å². The van der Waals surface area contributed by atoms with Crippen LogP contribution >= 0.6 is 11.6 Å². The Morgan fingerprint density at radius 3 is 2.18 bits per heavy atom. The van der Waals surface area contributed by atoms with E-state index in [1.165, 1.54) is 0 Å². The Morgan fingerprint density at radius 2 is 1.64 bits per heavy atom. The van der Waals surface area contributed by atoms with Crippen LogP contribution in [0.2, 0.25) is 5.02 Å². The molecule has 4 rings (SSSR count). The molecule has 0 radical (unpaired) electrons. The van der Waals surface area contributed by atoms with Gasteiger partial charge >= 0.3 is 0 Å². The fourth-order valence-corrected chi connectivity index (χ4v) is 4.41. The predicted molar refractivity (Wildman–Crippen MR) is 128 cm³/mol. The Balaban J connectivity index is 1.36. The minimum atomic E-state index is -0.323. The Labute approximate surface area is 198 Å². The summed E-state index contributed by atoms with van der Waals surface area (Å²) >= 11 is 5.90. The number of amides is 1. The molecule has 33 heavy (non-hydrogen) atoms. The molecule has 0 N–H and O–H groups in total. The van der Waals surface area contributed by atoms with Gasteiger partial charge in [0.2, 0.25) is 5.91 Å². The molecule has 0 bridgehead atoms. The van der Waals surface area contributed by atoms with Crippen LogP contribution in [0.1, 0.15) is 12.8 Å². The third-order valence-corrected chi connectivity index (χ3v) is 6.31. The number of halogens is 1. The smallest absolute Gasteiger partial charge is 0.223 e. The molecule has 1 aromatic heterocycles. The third-order valence-electron chi connectivity index (χ3n) is 6.09. The number of carbonyl (C=O) groups excluding carboxylic acids is 2. The number of allylic oxidation sites excluding steroid dienone is 1. The topological polar surface area (TPSA) is 83.8 Å². The van der Waals surface area contributed by atoms with Gasteiger partial charge in [0.25, 0.3) is 0 Å². The van der Waals surface area contributed by atoms with E-state index >= 15 is 0 Å². The van der Waals surface area contributed by atoms with Gasteiger partial charge in [0.05, 0.1) is 16.4 Å². The summed E-state index contributed by atoms with van der Waals surface area (Å²) in [5.74, 6) is 0.972. The van der Waals surface area contributed by atoms with Crippen molar-refractivity contribution in [1.82, 2.24) is 9.88 Å². The summed E-state index contributed by atoms with van der Waals surface area (Å²) in [5.41, 5.74) is 1.93. The summed E-state index contributed by atoms with van der Waals surface area (Å²) < 4.78 is 0. The van der Waals surface area contributed by atoms with Gasteiger partial charge in [-0.25, -0.2) is 4.98 Å². The van der Waals surface area contributed by atoms with Gasteiger partial charge in [-0.05, 0) is 24.3 Å². The van der Waals surface area contributed by atoms with Crippen molar-refractivity contribution in [2.45, 2.75) is 12.8 Å². The van der Waals surface area contributed by atoms with Gasteiger partial charge in [0.15, 0.2) is 5.78 Å². The van der Waals surface area contributed by atoms with E-state index in [0.717, 1.165) is 17.2 Å². The van der Waals surface area contributed by atoms with Gasteiger partial charge in [0, 0.05) is 59.3 Å². The zero-order valence-electron chi connectivity index (χ0n) is 18.7. The molecule has 0 aliphatic carbocycles. The minimum absolute atomic E-state index is 0.00219. The molecular formula is C24H25ClN6O2. The summed E-state index contributed by atoms with van der Waals surface area (Å²) in [6, 6.07) is 13.5. The number of para-hydroxylation sites is 2. The first-order chi connectivity index (χ1) is 15.9. The number of rotatable bonds is 5. The maximum atomic E-state index is 12.9. The van der Waals surface area contributed by atoms with Crippen molar-refractivity contribution in [2.24, 2.45) is 0 Å². The van der Waals surface area contributed by atoms with Crippen molar-refractivity contribution < 1.29 is 9.59 Å². The molecule has 0 unspecified atom stereocenters. The fourth-order valence-electron chi connectivity index (χ4n) is 4.30. The zero-order chi connectivity index (χ0) is 23.5. The lowest BCUT2D eigenvalue weighted by Crippen LogP contribution is -2.49. The Morgan fingerprint density at radius 1 is 1.00 bits per heavy atom. The first-order valence-electron chi connectivity index (χ1n) is 10.8. The van der Waals surface area contributed by atoms with Gasteiger partial charge in [0.1, 0.15) is 23.3 Å². The number of pyridine rings is 1. The number of nitriles is 1. The standard InChI is InChI=1S/C24H25ClN6O2/c1-28-19-5-3-4-6-20(19)29(2)24(28)18(15-26)21(32)8-10-23(33)31-13-11-30(12-14-31)22-9-7-17(25)16-27-22/h3-7,9,16H,8,10-14H2,1-2H3. The van der Waals surface area contributed by atoms with Crippen LogP contribution < -0.4 is 14.7 Å². The molecule has 9 heteroatoms. The molecule has 1 aromatic carbocycles. The number of nitrogens with zero attached hydrogens (tertiary/aromatic N) is 6. The van der Waals surface area contributed by atoms with Crippen molar-refractivity contribution in [3.8, 4) is 6.07 Å². The van der Waals surface area contributed by atoms with Crippen LogP contribution in [0.4, 0.5) is 17.2 Å². The molecule has 2 aliphatic rings. The molecule has 0 atom stereocenters. The van der Waals surface area contributed by atoms with Crippen molar-refractivity contribution >= 4 is 40.5 Å². The molecule has 1 saturated heterocycles. The highest BCUT2D eigenvalue weighted by atomic mass is 35.5. The lowest BCUT2D eigenvalue weighted by Gasteiger charge is -2.35. The van der Waals surface area contributed by atoms with E-state index in [-0.39, 0.29) is 30.1 Å². The summed E-state index contributed by atoms with van der Waals surface area (Å²) in [6.45, 7) is 2.44. The molecule has 3 heterocycles. The van der Waals surface area contributed by atoms with Crippen LogP contribution in [0.5, 0.6) is 0 Å². The molecule has 2 aromatic rings. The third kappa shape index (κ3) is 4.50. The van der Waals surface area contributed by atoms with E-state index in [1.54, 1.807) is 17.2 Å². The quantitative estimate of drug-likeness (QED) is 0.496. The highest BCUT2D eigenvalue weighted by Crippen LogP contribution is 2.40. The molecule has 1 fully saturated rings. The van der Waals surface area contributed by atoms with Crippen LogP contribution in [-0.2, 0) is 9.59 Å². The van der Waals surface area contributed by atoms with E-state index in [1.807, 2.05) is 54.2 Å². The number of carbonyl (C=O) groups is 2. The van der Waals surface area contributed by atoms with Crippen LogP contribution in [0.3, 0.4) is 0 Å². The summed E-state index contributed by atoms with van der Waals surface area (Å²) in [7, 11) is 3.67. The molecule has 170 valence electrons. The monoisotopic (exact) mass is 464 g/mol. The first-order valence-corrected chi connectivity index (χ1v) is 11.2. The van der Waals surface area contributed by atoms with Crippen LogP contribution in [0.25, 0.3) is 0 Å². The van der Waals surface area contributed by atoms with E-state index in [0.29, 0.717) is 37.0 Å². The Kier molecular flexibility index (Phi) is 6.52. The maximum absolute atomic E-state index is 12.9. The summed E-state index contributed by atoms with van der Waals surface area (Å²) in [5, 5.41) is 10.3. The lowest BCUT2D eigenvalue weighted by atomic mass is 10.1. The zero-order valence-corrected chi connectivity index (χ0v) is 19.4. The number of hydrogen-bond donors (Lipinski definition) is 0. The van der Waals surface area contributed by atoms with E-state index in [4.69, 9.17) is 11.6 Å². The van der Waals surface area contributed by atoms with E-state index in [2.05, 4.69) is 16.0 Å². The summed E-state index contributed by atoms with van der Waals surface area (Å²) in [6.07, 6.45) is 1.69.